The summed E-state index contributed by atoms with van der Waals surface area (Å²) < 4.78 is 1.20. The molecule has 0 aliphatic rings. The molecule has 0 bridgehead atoms. The molecule has 0 aliphatic carbocycles. The molecule has 0 unspecified atom stereocenters. The summed E-state index contributed by atoms with van der Waals surface area (Å²) in [5, 5.41) is 10.3. The maximum atomic E-state index is 5.48. The summed E-state index contributed by atoms with van der Waals surface area (Å²) in [4.78, 5) is 0. The average molecular weight is 331 g/mol. The highest BCUT2D eigenvalue weighted by atomic mass is 127. The van der Waals surface area contributed by atoms with Crippen molar-refractivity contribution in [1.29, 1.82) is 0 Å². The molecule has 0 saturated carbocycles. The molecule has 0 aliphatic heterocycles. The Bertz CT molecular complexity index is 455. The summed E-state index contributed by atoms with van der Waals surface area (Å²) in [6, 6.07) is 8.17. The summed E-state index contributed by atoms with van der Waals surface area (Å²) in [6.07, 6.45) is 0.807. The van der Waals surface area contributed by atoms with Crippen LogP contribution in [0, 0.1) is 3.57 Å². The van der Waals surface area contributed by atoms with Crippen LogP contribution in [0.5, 0.6) is 0 Å². The first kappa shape index (κ1) is 11.0. The Balaban J connectivity index is 2.33. The number of benzene rings is 1. The Hall–Kier alpha value is -0.530. The molecule has 0 atom stereocenters. The minimum Gasteiger partial charge on any atom is -0.330 e. The highest BCUT2D eigenvalue weighted by Gasteiger charge is 2.08. The number of halogens is 1. The molecule has 0 radical (unpaired) electrons. The Morgan fingerprint density at radius 1 is 1.27 bits per heavy atom. The van der Waals surface area contributed by atoms with E-state index in [0.29, 0.717) is 6.54 Å². The molecular formula is C10H10IN3S. The van der Waals surface area contributed by atoms with Gasteiger partial charge in [0.1, 0.15) is 10.0 Å². The second-order valence-electron chi connectivity index (χ2n) is 3.02. The van der Waals surface area contributed by atoms with Crippen molar-refractivity contribution in [2.45, 2.75) is 6.42 Å². The van der Waals surface area contributed by atoms with Gasteiger partial charge >= 0.3 is 0 Å². The lowest BCUT2D eigenvalue weighted by Crippen LogP contribution is -2.01. The summed E-state index contributed by atoms with van der Waals surface area (Å²) in [5.41, 5.74) is 6.63. The summed E-state index contributed by atoms with van der Waals surface area (Å²) in [5.74, 6) is 0. The maximum absolute atomic E-state index is 5.48. The lowest BCUT2D eigenvalue weighted by molar-refractivity contribution is 0.913. The van der Waals surface area contributed by atoms with Crippen molar-refractivity contribution < 1.29 is 0 Å². The van der Waals surface area contributed by atoms with Crippen molar-refractivity contribution in [2.75, 3.05) is 6.54 Å². The highest BCUT2D eigenvalue weighted by Crippen LogP contribution is 2.27. The third-order valence-corrected chi connectivity index (χ3v) is 3.89. The molecule has 0 fully saturated rings. The van der Waals surface area contributed by atoms with E-state index in [1.807, 2.05) is 12.1 Å². The molecule has 0 saturated heterocycles. The predicted octanol–water partition coefficient (Wildman–Crippen LogP) is 2.31. The molecule has 5 heteroatoms. The highest BCUT2D eigenvalue weighted by molar-refractivity contribution is 14.1. The molecule has 0 amide bonds. The summed E-state index contributed by atoms with van der Waals surface area (Å²) >= 11 is 3.93. The predicted molar refractivity (Wildman–Crippen MR) is 70.8 cm³/mol. The fourth-order valence-corrected chi connectivity index (χ4v) is 2.94. The molecule has 15 heavy (non-hydrogen) atoms. The second kappa shape index (κ2) is 5.00. The molecule has 1 aromatic carbocycles. The summed E-state index contributed by atoms with van der Waals surface area (Å²) in [6.45, 7) is 0.626. The Kier molecular flexibility index (Phi) is 3.66. The Labute approximate surface area is 106 Å². The zero-order valence-electron chi connectivity index (χ0n) is 7.98. The van der Waals surface area contributed by atoms with E-state index in [4.69, 9.17) is 5.73 Å². The van der Waals surface area contributed by atoms with Crippen molar-refractivity contribution in [1.82, 2.24) is 10.2 Å². The van der Waals surface area contributed by atoms with Crippen molar-refractivity contribution in [3.63, 3.8) is 0 Å². The van der Waals surface area contributed by atoms with Crippen molar-refractivity contribution in [3.8, 4) is 10.6 Å². The lowest BCUT2D eigenvalue weighted by Gasteiger charge is -1.97. The van der Waals surface area contributed by atoms with Crippen molar-refractivity contribution in [3.05, 3.63) is 32.8 Å². The van der Waals surface area contributed by atoms with Gasteiger partial charge in [-0.1, -0.05) is 29.5 Å². The topological polar surface area (TPSA) is 51.8 Å². The van der Waals surface area contributed by atoms with E-state index in [-0.39, 0.29) is 0 Å². The number of nitrogens with zero attached hydrogens (tertiary/aromatic N) is 2. The number of hydrogen-bond donors (Lipinski definition) is 1. The Morgan fingerprint density at radius 2 is 2.07 bits per heavy atom. The van der Waals surface area contributed by atoms with Crippen LogP contribution in [0.4, 0.5) is 0 Å². The molecule has 2 aromatic rings. The van der Waals surface area contributed by atoms with Crippen LogP contribution in [0.1, 0.15) is 5.01 Å². The molecule has 0 spiro atoms. The van der Waals surface area contributed by atoms with Gasteiger partial charge in [0.2, 0.25) is 0 Å². The maximum Gasteiger partial charge on any atom is 0.148 e. The fourth-order valence-electron chi connectivity index (χ4n) is 1.22. The van der Waals surface area contributed by atoms with Gasteiger partial charge < -0.3 is 5.73 Å². The fraction of sp³-hybridized carbons (Fsp3) is 0.200. The molecule has 78 valence electrons. The SMILES string of the molecule is NCCc1nnc(-c2ccccc2I)s1. The van der Waals surface area contributed by atoms with Crippen LogP contribution in [0.3, 0.4) is 0 Å². The van der Waals surface area contributed by atoms with E-state index < -0.39 is 0 Å². The minimum absolute atomic E-state index is 0.626. The Morgan fingerprint density at radius 3 is 2.80 bits per heavy atom. The van der Waals surface area contributed by atoms with Gasteiger partial charge in [0.25, 0.3) is 0 Å². The van der Waals surface area contributed by atoms with Gasteiger partial charge in [0, 0.05) is 15.6 Å². The quantitative estimate of drug-likeness (QED) is 0.878. The van der Waals surface area contributed by atoms with Crippen molar-refractivity contribution in [2.24, 2.45) is 5.73 Å². The number of rotatable bonds is 3. The first-order valence-electron chi connectivity index (χ1n) is 4.58. The normalized spacial score (nSPS) is 10.5. The zero-order valence-corrected chi connectivity index (χ0v) is 11.0. The van der Waals surface area contributed by atoms with Crippen LogP contribution in [-0.4, -0.2) is 16.7 Å². The van der Waals surface area contributed by atoms with E-state index in [2.05, 4.69) is 44.9 Å². The van der Waals surface area contributed by atoms with Crippen LogP contribution in [0.2, 0.25) is 0 Å². The molecule has 1 aromatic heterocycles. The molecule has 1 heterocycles. The van der Waals surface area contributed by atoms with Crippen LogP contribution in [0.15, 0.2) is 24.3 Å². The van der Waals surface area contributed by atoms with Gasteiger partial charge in [-0.2, -0.15) is 0 Å². The molecule has 2 rings (SSSR count). The molecule has 2 N–H and O–H groups in total. The number of nitrogens with two attached hydrogens (primary N) is 1. The van der Waals surface area contributed by atoms with Gasteiger partial charge in [0.15, 0.2) is 0 Å². The minimum atomic E-state index is 0.626. The zero-order chi connectivity index (χ0) is 10.7. The smallest absolute Gasteiger partial charge is 0.148 e. The van der Waals surface area contributed by atoms with E-state index in [0.717, 1.165) is 22.0 Å². The van der Waals surface area contributed by atoms with E-state index >= 15 is 0 Å². The van der Waals surface area contributed by atoms with E-state index in [9.17, 15) is 0 Å². The number of aromatic nitrogens is 2. The largest absolute Gasteiger partial charge is 0.330 e. The molecular weight excluding hydrogens is 321 g/mol. The standard InChI is InChI=1S/C10H10IN3S/c11-8-4-2-1-3-7(8)10-14-13-9(15-10)5-6-12/h1-4H,5-6,12H2. The molecule has 3 nitrogen and oxygen atoms in total. The van der Waals surface area contributed by atoms with Gasteiger partial charge in [-0.15, -0.1) is 10.2 Å². The van der Waals surface area contributed by atoms with Gasteiger partial charge in [-0.25, -0.2) is 0 Å². The van der Waals surface area contributed by atoms with Crippen molar-refractivity contribution >= 4 is 33.9 Å². The average Bonchev–Trinajstić information content (AvgIpc) is 2.68. The van der Waals surface area contributed by atoms with Crippen LogP contribution >= 0.6 is 33.9 Å². The van der Waals surface area contributed by atoms with E-state index in [1.54, 1.807) is 11.3 Å². The van der Waals surface area contributed by atoms with Crippen LogP contribution in [-0.2, 0) is 6.42 Å². The third-order valence-electron chi connectivity index (χ3n) is 1.93. The van der Waals surface area contributed by atoms with Crippen LogP contribution < -0.4 is 5.73 Å². The van der Waals surface area contributed by atoms with Gasteiger partial charge in [-0.05, 0) is 35.2 Å². The summed E-state index contributed by atoms with van der Waals surface area (Å²) in [7, 11) is 0. The number of hydrogen-bond acceptors (Lipinski definition) is 4. The first-order valence-corrected chi connectivity index (χ1v) is 6.48. The lowest BCUT2D eigenvalue weighted by atomic mass is 10.2. The third kappa shape index (κ3) is 2.53. The van der Waals surface area contributed by atoms with Gasteiger partial charge in [-0.3, -0.25) is 0 Å². The van der Waals surface area contributed by atoms with Crippen LogP contribution in [0.25, 0.3) is 10.6 Å². The first-order chi connectivity index (χ1) is 7.31. The van der Waals surface area contributed by atoms with Gasteiger partial charge in [0.05, 0.1) is 0 Å². The monoisotopic (exact) mass is 331 g/mol. The van der Waals surface area contributed by atoms with E-state index in [1.165, 1.54) is 3.57 Å². The second-order valence-corrected chi connectivity index (χ2v) is 5.24.